The van der Waals surface area contributed by atoms with E-state index in [1.54, 1.807) is 0 Å². The summed E-state index contributed by atoms with van der Waals surface area (Å²) < 4.78 is 28.8. The average Bonchev–Trinajstić information content (AvgIpc) is 3.33. The first-order valence-electron chi connectivity index (χ1n) is 20.0. The first kappa shape index (κ1) is 47.6. The molecule has 0 aliphatic heterocycles. The number of halogens is 3. The second-order valence-electron chi connectivity index (χ2n) is 13.6. The molecule has 0 unspecified atom stereocenters. The molecule has 0 bridgehead atoms. The van der Waals surface area contributed by atoms with Gasteiger partial charge >= 0.3 is 17.1 Å². The number of rotatable bonds is 9. The molecule has 9 aromatic rings. The molecular formula is C55H48CuF3P3+3. The van der Waals surface area contributed by atoms with Gasteiger partial charge < -0.3 is 13.2 Å². The monoisotopic (exact) mass is 921 g/mol. The molecule has 7 heteroatoms. The first-order valence-corrected chi connectivity index (χ1v) is 24.5. The van der Waals surface area contributed by atoms with Crippen LogP contribution in [0.2, 0.25) is 0 Å². The zero-order chi connectivity index (χ0) is 42.3. The Balaban J connectivity index is 0.000000167. The van der Waals surface area contributed by atoms with Crippen LogP contribution < -0.4 is 47.7 Å². The first-order chi connectivity index (χ1) is 30.1. The molecule has 0 aliphatic rings. The molecular weight excluding hydrogens is 874 g/mol. The van der Waals surface area contributed by atoms with E-state index in [-0.39, 0.29) is 17.1 Å². The molecule has 0 N–H and O–H groups in total. The van der Waals surface area contributed by atoms with Gasteiger partial charge in [-0.2, -0.15) is 0 Å². The second-order valence-corrected chi connectivity index (χ2v) is 21.1. The van der Waals surface area contributed by atoms with E-state index in [1.165, 1.54) is 47.7 Å². The molecule has 9 aromatic carbocycles. The summed E-state index contributed by atoms with van der Waals surface area (Å²) in [6.07, 6.45) is 0. The molecule has 0 saturated carbocycles. The van der Waals surface area contributed by atoms with Gasteiger partial charge in [-0.05, 0) is 109 Å². The van der Waals surface area contributed by atoms with E-state index in [2.05, 4.69) is 273 Å². The van der Waals surface area contributed by atoms with Gasteiger partial charge in [0.05, 0.1) is 23.8 Å². The van der Waals surface area contributed by atoms with Crippen LogP contribution in [-0.2, 0) is 17.1 Å². The largest absolute Gasteiger partial charge is 1.00 e. The van der Waals surface area contributed by atoms with Gasteiger partial charge in [0.2, 0.25) is 0 Å². The molecule has 0 aliphatic carbocycles. The van der Waals surface area contributed by atoms with Crippen LogP contribution in [0.5, 0.6) is 0 Å². The van der Waals surface area contributed by atoms with Crippen molar-refractivity contribution >= 4 is 71.5 Å². The van der Waals surface area contributed by atoms with Crippen LogP contribution in [0.3, 0.4) is 0 Å². The van der Waals surface area contributed by atoms with Crippen molar-refractivity contribution in [2.75, 3.05) is 0 Å². The van der Waals surface area contributed by atoms with Gasteiger partial charge in [-0.15, -0.1) is 0 Å². The fourth-order valence-electron chi connectivity index (χ4n) is 6.94. The smallest absolute Gasteiger partial charge is 0.385 e. The fourth-order valence-corrected chi connectivity index (χ4v) is 14.7. The van der Waals surface area contributed by atoms with Crippen molar-refractivity contribution in [3.8, 4) is 0 Å². The quantitative estimate of drug-likeness (QED) is 0.0769. The molecule has 0 spiro atoms. The van der Waals surface area contributed by atoms with Crippen molar-refractivity contribution in [3.63, 3.8) is 0 Å². The minimum Gasteiger partial charge on any atom is -0.385 e. The Labute approximate surface area is 379 Å². The number of hydrogen-bond acceptors (Lipinski definition) is 0. The van der Waals surface area contributed by atoms with Crippen LogP contribution in [0.4, 0.5) is 13.2 Å². The van der Waals surface area contributed by atoms with Gasteiger partial charge in [0.25, 0.3) is 0 Å². The van der Waals surface area contributed by atoms with Crippen LogP contribution >= 0.6 is 23.8 Å². The maximum atomic E-state index is 9.58. The van der Waals surface area contributed by atoms with E-state index in [1.807, 2.05) is 0 Å². The molecule has 0 atom stereocenters. The van der Waals surface area contributed by atoms with Crippen LogP contribution in [0.25, 0.3) is 0 Å². The van der Waals surface area contributed by atoms with E-state index in [0.717, 1.165) is 0 Å². The summed E-state index contributed by atoms with van der Waals surface area (Å²) in [5.41, 5.74) is 0. The van der Waals surface area contributed by atoms with Crippen molar-refractivity contribution in [1.82, 2.24) is 0 Å². The zero-order valence-electron chi connectivity index (χ0n) is 33.9. The maximum Gasteiger partial charge on any atom is 1.00 e. The molecule has 0 fully saturated rings. The summed E-state index contributed by atoms with van der Waals surface area (Å²) in [4.78, 5) is 0. The summed E-state index contributed by atoms with van der Waals surface area (Å²) in [6, 6.07) is 97.5. The average molecular weight is 922 g/mol. The van der Waals surface area contributed by atoms with E-state index in [4.69, 9.17) is 0 Å². The standard InChI is InChI=1S/3C18H15P.CF3.Cu/c3*1-4-10-16(11-5-1)19(17-12-6-2-7-13-17)18-14-8-3-9-15-18;2-1(3)4;/h3*1-15H;;/q;;;-1;+1/p+3. The van der Waals surface area contributed by atoms with Crippen molar-refractivity contribution in [2.24, 2.45) is 0 Å². The van der Waals surface area contributed by atoms with Crippen molar-refractivity contribution in [2.45, 2.75) is 0 Å². The number of benzene rings is 9. The van der Waals surface area contributed by atoms with Gasteiger partial charge in [0.15, 0.2) is 6.68 Å². The molecule has 0 radical (unpaired) electrons. The zero-order valence-corrected chi connectivity index (χ0v) is 37.9. The summed E-state index contributed by atoms with van der Waals surface area (Å²) in [5.74, 6) is 0. The summed E-state index contributed by atoms with van der Waals surface area (Å²) in [6.45, 7) is -3.08. The van der Waals surface area contributed by atoms with Crippen molar-refractivity contribution in [3.05, 3.63) is 280 Å². The van der Waals surface area contributed by atoms with Gasteiger partial charge in [-0.25, -0.2) is 0 Å². The normalized spacial score (nSPS) is 10.3. The Morgan fingerprint density at radius 3 is 0.355 bits per heavy atom. The van der Waals surface area contributed by atoms with Gasteiger partial charge in [0, 0.05) is 0 Å². The molecule has 9 rings (SSSR count). The maximum absolute atomic E-state index is 9.58. The van der Waals surface area contributed by atoms with Crippen LogP contribution in [0, 0.1) is 6.68 Å². The summed E-state index contributed by atoms with van der Waals surface area (Å²) >= 11 is 0. The third-order valence-corrected chi connectivity index (χ3v) is 17.8. The molecule has 62 heavy (non-hydrogen) atoms. The topological polar surface area (TPSA) is 0 Å². The van der Waals surface area contributed by atoms with Crippen LogP contribution in [-0.4, -0.2) is 0 Å². The van der Waals surface area contributed by atoms with E-state index >= 15 is 0 Å². The van der Waals surface area contributed by atoms with Gasteiger partial charge in [-0.1, -0.05) is 164 Å². The Kier molecular flexibility index (Phi) is 20.6. The SMILES string of the molecule is F[C-](F)F.[Cu+].c1ccc([PH+](c2ccccc2)c2ccccc2)cc1.c1ccc([PH+](c2ccccc2)c2ccccc2)cc1.c1ccc([PH+](c2ccccc2)c2ccccc2)cc1. The molecule has 0 saturated heterocycles. The molecule has 0 heterocycles. The Hall–Kier alpha value is -5.42. The minimum atomic E-state index is -3.08. The third-order valence-electron chi connectivity index (χ3n) is 9.56. The van der Waals surface area contributed by atoms with Crippen LogP contribution in [0.1, 0.15) is 0 Å². The van der Waals surface area contributed by atoms with Gasteiger partial charge in [-0.3, -0.25) is 0 Å². The van der Waals surface area contributed by atoms with Gasteiger partial charge in [0.1, 0.15) is 47.7 Å². The third kappa shape index (κ3) is 14.9. The number of hydrogen-bond donors (Lipinski definition) is 0. The van der Waals surface area contributed by atoms with E-state index < -0.39 is 30.4 Å². The summed E-state index contributed by atoms with van der Waals surface area (Å²) in [5, 5.41) is 12.9. The van der Waals surface area contributed by atoms with Crippen molar-refractivity contribution in [1.29, 1.82) is 0 Å². The Morgan fingerprint density at radius 2 is 0.274 bits per heavy atom. The Bertz CT molecular complexity index is 1930. The molecule has 0 nitrogen and oxygen atoms in total. The summed E-state index contributed by atoms with van der Waals surface area (Å²) in [7, 11) is -2.63. The fraction of sp³-hybridized carbons (Fsp3) is 0. The minimum absolute atomic E-state index is 0. The predicted molar refractivity (Wildman–Crippen MR) is 266 cm³/mol. The molecule has 0 amide bonds. The molecule has 0 aromatic heterocycles. The van der Waals surface area contributed by atoms with E-state index in [0.29, 0.717) is 0 Å². The van der Waals surface area contributed by atoms with Crippen molar-refractivity contribution < 1.29 is 30.2 Å². The second kappa shape index (κ2) is 26.8. The van der Waals surface area contributed by atoms with Crippen LogP contribution in [0.15, 0.2) is 273 Å². The Morgan fingerprint density at radius 1 is 0.194 bits per heavy atom. The van der Waals surface area contributed by atoms with E-state index in [9.17, 15) is 13.2 Å². The predicted octanol–water partition coefficient (Wildman–Crippen LogP) is 10.9. The molecule has 312 valence electrons.